The molecule has 1 aromatic heterocycles. The van der Waals surface area contributed by atoms with E-state index in [1.54, 1.807) is 0 Å². The van der Waals surface area contributed by atoms with Gasteiger partial charge >= 0.3 is 0 Å². The number of nitrogens with one attached hydrogen (secondary N) is 1. The first-order valence-electron chi connectivity index (χ1n) is 9.20. The van der Waals surface area contributed by atoms with Gasteiger partial charge in [0, 0.05) is 12.1 Å². The van der Waals surface area contributed by atoms with Crippen molar-refractivity contribution in [3.63, 3.8) is 0 Å². The van der Waals surface area contributed by atoms with Gasteiger partial charge in [-0.3, -0.25) is 0 Å². The summed E-state index contributed by atoms with van der Waals surface area (Å²) in [6.45, 7) is 12.6. The van der Waals surface area contributed by atoms with Gasteiger partial charge in [0.2, 0.25) is 0 Å². The van der Waals surface area contributed by atoms with Crippen LogP contribution < -0.4 is 5.32 Å². The largest absolute Gasteiger partial charge is 0.311 e. The lowest BCUT2D eigenvalue weighted by atomic mass is 10.1. The summed E-state index contributed by atoms with van der Waals surface area (Å²) < 4.78 is 0. The molecule has 0 fully saturated rings. The van der Waals surface area contributed by atoms with Crippen LogP contribution in [0.3, 0.4) is 0 Å². The summed E-state index contributed by atoms with van der Waals surface area (Å²) in [6, 6.07) is 10.3. The predicted molar refractivity (Wildman–Crippen MR) is 99.9 cm³/mol. The number of hydrogen-bond donors (Lipinski definition) is 1. The highest BCUT2D eigenvalue weighted by atomic mass is 15.5. The first-order valence-corrected chi connectivity index (χ1v) is 9.20. The minimum Gasteiger partial charge on any atom is -0.311 e. The lowest BCUT2D eigenvalue weighted by Gasteiger charge is -2.17. The Morgan fingerprint density at radius 2 is 1.79 bits per heavy atom. The molecule has 0 saturated heterocycles. The van der Waals surface area contributed by atoms with E-state index < -0.39 is 0 Å². The summed E-state index contributed by atoms with van der Waals surface area (Å²) in [5.74, 6) is 0. The van der Waals surface area contributed by atoms with Gasteiger partial charge in [-0.1, -0.05) is 51.1 Å². The lowest BCUT2D eigenvalue weighted by Crippen LogP contribution is -2.27. The Bertz CT molecular complexity index is 575. The first kappa shape index (κ1) is 18.6. The van der Waals surface area contributed by atoms with Crippen LogP contribution in [-0.2, 0) is 13.1 Å². The van der Waals surface area contributed by atoms with Crippen LogP contribution in [0.25, 0.3) is 11.3 Å². The van der Waals surface area contributed by atoms with Crippen LogP contribution in [-0.4, -0.2) is 46.1 Å². The second kappa shape index (κ2) is 10.2. The van der Waals surface area contributed by atoms with Crippen molar-refractivity contribution in [3.05, 3.63) is 36.0 Å². The number of aryl methyl sites for hydroxylation is 1. The molecule has 132 valence electrons. The molecular weight excluding hydrogens is 298 g/mol. The van der Waals surface area contributed by atoms with Gasteiger partial charge in [-0.2, -0.15) is 15.0 Å². The van der Waals surface area contributed by atoms with Crippen LogP contribution in [0.15, 0.2) is 30.3 Å². The summed E-state index contributed by atoms with van der Waals surface area (Å²) >= 11 is 0. The fourth-order valence-corrected chi connectivity index (χ4v) is 2.80. The molecule has 0 saturated carbocycles. The SMILES string of the molecule is CCCn1nc(CNCCCN(CC)CC)c(-c2ccccc2)n1. The van der Waals surface area contributed by atoms with Crippen molar-refractivity contribution in [2.75, 3.05) is 26.2 Å². The summed E-state index contributed by atoms with van der Waals surface area (Å²) in [6.07, 6.45) is 2.20. The Balaban J connectivity index is 1.94. The molecule has 0 amide bonds. The minimum atomic E-state index is 0.770. The molecule has 0 aliphatic heterocycles. The van der Waals surface area contributed by atoms with Crippen molar-refractivity contribution in [1.29, 1.82) is 0 Å². The number of aromatic nitrogens is 3. The molecule has 5 nitrogen and oxygen atoms in total. The summed E-state index contributed by atoms with van der Waals surface area (Å²) in [5, 5.41) is 12.9. The molecule has 0 unspecified atom stereocenters. The zero-order valence-electron chi connectivity index (χ0n) is 15.3. The molecule has 2 aromatic rings. The topological polar surface area (TPSA) is 46.0 Å². The van der Waals surface area contributed by atoms with Gasteiger partial charge in [0.1, 0.15) is 11.4 Å². The fourth-order valence-electron chi connectivity index (χ4n) is 2.80. The highest BCUT2D eigenvalue weighted by molar-refractivity contribution is 5.60. The monoisotopic (exact) mass is 329 g/mol. The average Bonchev–Trinajstić information content (AvgIpc) is 3.02. The molecule has 1 N–H and O–H groups in total. The standard InChI is InChI=1S/C19H31N5/c1-4-14-24-21-18(16-20-13-10-15-23(5-2)6-3)19(22-24)17-11-8-7-9-12-17/h7-9,11-12,20H,4-6,10,13-16H2,1-3H3. The smallest absolute Gasteiger partial charge is 0.117 e. The molecule has 0 spiro atoms. The highest BCUT2D eigenvalue weighted by Gasteiger charge is 2.12. The van der Waals surface area contributed by atoms with E-state index in [-0.39, 0.29) is 0 Å². The molecule has 0 aliphatic rings. The van der Waals surface area contributed by atoms with Crippen molar-refractivity contribution in [3.8, 4) is 11.3 Å². The second-order valence-corrected chi connectivity index (χ2v) is 6.01. The summed E-state index contributed by atoms with van der Waals surface area (Å²) in [5.41, 5.74) is 3.18. The normalized spacial score (nSPS) is 11.3. The molecule has 2 rings (SSSR count). The molecule has 1 heterocycles. The van der Waals surface area contributed by atoms with Crippen molar-refractivity contribution < 1.29 is 0 Å². The minimum absolute atomic E-state index is 0.770. The van der Waals surface area contributed by atoms with Gasteiger partial charge < -0.3 is 10.2 Å². The maximum atomic E-state index is 4.68. The third kappa shape index (κ3) is 5.42. The molecule has 0 aliphatic carbocycles. The van der Waals surface area contributed by atoms with E-state index in [0.29, 0.717) is 0 Å². The zero-order chi connectivity index (χ0) is 17.2. The van der Waals surface area contributed by atoms with Crippen molar-refractivity contribution in [2.45, 2.75) is 46.7 Å². The van der Waals surface area contributed by atoms with Gasteiger partial charge in [-0.25, -0.2) is 0 Å². The predicted octanol–water partition coefficient (Wildman–Crippen LogP) is 3.18. The maximum absolute atomic E-state index is 4.68. The van der Waals surface area contributed by atoms with Crippen LogP contribution >= 0.6 is 0 Å². The van der Waals surface area contributed by atoms with Crippen LogP contribution in [0, 0.1) is 0 Å². The number of hydrogen-bond acceptors (Lipinski definition) is 4. The van der Waals surface area contributed by atoms with E-state index in [1.807, 2.05) is 10.9 Å². The zero-order valence-corrected chi connectivity index (χ0v) is 15.3. The molecule has 5 heteroatoms. The van der Waals surface area contributed by atoms with Crippen LogP contribution in [0.5, 0.6) is 0 Å². The third-order valence-electron chi connectivity index (χ3n) is 4.21. The Hall–Kier alpha value is -1.72. The van der Waals surface area contributed by atoms with Gasteiger partial charge in [0.15, 0.2) is 0 Å². The van der Waals surface area contributed by atoms with Gasteiger partial charge in [-0.15, -0.1) is 0 Å². The summed E-state index contributed by atoms with van der Waals surface area (Å²) in [4.78, 5) is 4.28. The first-order chi connectivity index (χ1) is 11.8. The Kier molecular flexibility index (Phi) is 7.92. The van der Waals surface area contributed by atoms with Crippen LogP contribution in [0.4, 0.5) is 0 Å². The van der Waals surface area contributed by atoms with E-state index in [1.165, 1.54) is 0 Å². The van der Waals surface area contributed by atoms with E-state index in [2.05, 4.69) is 65.5 Å². The Labute approximate surface area is 146 Å². The van der Waals surface area contributed by atoms with Gasteiger partial charge in [-0.05, 0) is 39.0 Å². The van der Waals surface area contributed by atoms with E-state index >= 15 is 0 Å². The second-order valence-electron chi connectivity index (χ2n) is 6.01. The molecule has 1 aromatic carbocycles. The van der Waals surface area contributed by atoms with Gasteiger partial charge in [0.05, 0.1) is 6.54 Å². The molecule has 24 heavy (non-hydrogen) atoms. The van der Waals surface area contributed by atoms with E-state index in [9.17, 15) is 0 Å². The van der Waals surface area contributed by atoms with Gasteiger partial charge in [0.25, 0.3) is 0 Å². The number of nitrogens with zero attached hydrogens (tertiary/aromatic N) is 4. The number of rotatable bonds is 11. The third-order valence-corrected chi connectivity index (χ3v) is 4.21. The maximum Gasteiger partial charge on any atom is 0.117 e. The Morgan fingerprint density at radius 3 is 2.46 bits per heavy atom. The van der Waals surface area contributed by atoms with Crippen LogP contribution in [0.2, 0.25) is 0 Å². The fraction of sp³-hybridized carbons (Fsp3) is 0.579. The van der Waals surface area contributed by atoms with E-state index in [0.717, 1.165) is 69.1 Å². The van der Waals surface area contributed by atoms with E-state index in [4.69, 9.17) is 0 Å². The quantitative estimate of drug-likeness (QED) is 0.643. The number of benzene rings is 1. The van der Waals surface area contributed by atoms with Crippen molar-refractivity contribution in [1.82, 2.24) is 25.2 Å². The Morgan fingerprint density at radius 1 is 1.04 bits per heavy atom. The lowest BCUT2D eigenvalue weighted by molar-refractivity contribution is 0.298. The van der Waals surface area contributed by atoms with Crippen molar-refractivity contribution >= 4 is 0 Å². The average molecular weight is 329 g/mol. The molecular formula is C19H31N5. The van der Waals surface area contributed by atoms with Crippen molar-refractivity contribution in [2.24, 2.45) is 0 Å². The molecule has 0 radical (unpaired) electrons. The van der Waals surface area contributed by atoms with Crippen LogP contribution in [0.1, 0.15) is 39.3 Å². The molecule has 0 atom stereocenters. The highest BCUT2D eigenvalue weighted by Crippen LogP contribution is 2.19. The molecule has 0 bridgehead atoms. The summed E-state index contributed by atoms with van der Waals surface area (Å²) in [7, 11) is 0.